The van der Waals surface area contributed by atoms with Crippen molar-refractivity contribution in [1.29, 1.82) is 0 Å². The van der Waals surface area contributed by atoms with E-state index in [0.717, 1.165) is 0 Å². The SMILES string of the molecule is COc1ccc(OC)c(Nc2ncc(C(=O)Nc3ccc4c(c3)OCO4)cn2)c1. The molecule has 0 saturated heterocycles. The van der Waals surface area contributed by atoms with Crippen LogP contribution in [0.3, 0.4) is 0 Å². The van der Waals surface area contributed by atoms with Gasteiger partial charge in [0.1, 0.15) is 11.5 Å². The fourth-order valence-corrected chi connectivity index (χ4v) is 2.72. The van der Waals surface area contributed by atoms with Crippen LogP contribution in [-0.4, -0.2) is 36.9 Å². The molecule has 0 atom stereocenters. The minimum atomic E-state index is -0.339. The molecule has 1 aliphatic heterocycles. The molecule has 1 aromatic heterocycles. The van der Waals surface area contributed by atoms with Crippen molar-refractivity contribution in [3.8, 4) is 23.0 Å². The van der Waals surface area contributed by atoms with Gasteiger partial charge in [-0.25, -0.2) is 9.97 Å². The smallest absolute Gasteiger partial charge is 0.258 e. The highest BCUT2D eigenvalue weighted by Gasteiger charge is 2.15. The standard InChI is InChI=1S/C20H18N4O5/c1-26-14-4-6-16(27-2)15(8-14)24-20-21-9-12(10-22-20)19(25)23-13-3-5-17-18(7-13)29-11-28-17/h3-10H,11H2,1-2H3,(H,23,25)(H,21,22,24). The largest absolute Gasteiger partial charge is 0.497 e. The number of rotatable bonds is 6. The predicted octanol–water partition coefficient (Wildman–Crippen LogP) is 3.22. The van der Waals surface area contributed by atoms with Crippen molar-refractivity contribution < 1.29 is 23.7 Å². The minimum absolute atomic E-state index is 0.174. The Balaban J connectivity index is 1.46. The lowest BCUT2D eigenvalue weighted by atomic mass is 10.2. The van der Waals surface area contributed by atoms with Gasteiger partial charge in [-0.15, -0.1) is 0 Å². The minimum Gasteiger partial charge on any atom is -0.497 e. The molecule has 2 N–H and O–H groups in total. The van der Waals surface area contributed by atoms with Crippen molar-refractivity contribution in [2.45, 2.75) is 0 Å². The second-order valence-electron chi connectivity index (χ2n) is 6.01. The zero-order valence-corrected chi connectivity index (χ0v) is 15.8. The number of anilines is 3. The molecule has 9 heteroatoms. The van der Waals surface area contributed by atoms with Crippen molar-refractivity contribution >= 4 is 23.2 Å². The summed E-state index contributed by atoms with van der Waals surface area (Å²) in [4.78, 5) is 20.9. The van der Waals surface area contributed by atoms with E-state index >= 15 is 0 Å². The zero-order chi connectivity index (χ0) is 20.2. The van der Waals surface area contributed by atoms with Gasteiger partial charge in [-0.1, -0.05) is 0 Å². The molecule has 0 unspecified atom stereocenters. The number of fused-ring (bicyclic) bond motifs is 1. The zero-order valence-electron chi connectivity index (χ0n) is 15.8. The van der Waals surface area contributed by atoms with Crippen LogP contribution in [0.2, 0.25) is 0 Å². The fraction of sp³-hybridized carbons (Fsp3) is 0.150. The van der Waals surface area contributed by atoms with E-state index in [9.17, 15) is 4.79 Å². The molecule has 3 aromatic rings. The summed E-state index contributed by atoms with van der Waals surface area (Å²) in [5, 5.41) is 5.83. The first kappa shape index (κ1) is 18.4. The number of benzene rings is 2. The van der Waals surface area contributed by atoms with Gasteiger partial charge in [0.2, 0.25) is 12.7 Å². The highest BCUT2D eigenvalue weighted by molar-refractivity contribution is 6.04. The Morgan fingerprint density at radius 1 is 1.00 bits per heavy atom. The van der Waals surface area contributed by atoms with Gasteiger partial charge in [0.05, 0.1) is 25.5 Å². The third-order valence-electron chi connectivity index (χ3n) is 4.20. The topological polar surface area (TPSA) is 104 Å². The van der Waals surface area contributed by atoms with Crippen LogP contribution in [0.15, 0.2) is 48.8 Å². The van der Waals surface area contributed by atoms with Crippen LogP contribution in [0.5, 0.6) is 23.0 Å². The number of carbonyl (C=O) groups is 1. The Bertz CT molecular complexity index is 1040. The average molecular weight is 394 g/mol. The number of nitrogens with one attached hydrogen (secondary N) is 2. The average Bonchev–Trinajstić information content (AvgIpc) is 3.22. The molecule has 148 valence electrons. The normalized spacial score (nSPS) is 11.7. The van der Waals surface area contributed by atoms with Crippen LogP contribution in [0, 0.1) is 0 Å². The summed E-state index contributed by atoms with van der Waals surface area (Å²) in [6, 6.07) is 10.5. The van der Waals surface area contributed by atoms with Crippen molar-refractivity contribution in [3.63, 3.8) is 0 Å². The Morgan fingerprint density at radius 3 is 2.55 bits per heavy atom. The lowest BCUT2D eigenvalue weighted by molar-refractivity contribution is 0.102. The molecule has 0 bridgehead atoms. The van der Waals surface area contributed by atoms with E-state index in [1.807, 2.05) is 0 Å². The summed E-state index contributed by atoms with van der Waals surface area (Å²) in [6.45, 7) is 0.174. The summed E-state index contributed by atoms with van der Waals surface area (Å²) < 4.78 is 21.1. The molecular weight excluding hydrogens is 376 g/mol. The Kier molecular flexibility index (Phi) is 5.02. The molecule has 9 nitrogen and oxygen atoms in total. The number of hydrogen-bond donors (Lipinski definition) is 2. The summed E-state index contributed by atoms with van der Waals surface area (Å²) in [6.07, 6.45) is 2.87. The summed E-state index contributed by atoms with van der Waals surface area (Å²) in [5.41, 5.74) is 1.54. The van der Waals surface area contributed by atoms with Gasteiger partial charge in [-0.2, -0.15) is 0 Å². The molecule has 0 radical (unpaired) electrons. The van der Waals surface area contributed by atoms with Crippen LogP contribution in [-0.2, 0) is 0 Å². The molecular formula is C20H18N4O5. The van der Waals surface area contributed by atoms with Crippen molar-refractivity contribution in [1.82, 2.24) is 9.97 Å². The van der Waals surface area contributed by atoms with Gasteiger partial charge in [-0.05, 0) is 24.3 Å². The Morgan fingerprint density at radius 2 is 1.79 bits per heavy atom. The highest BCUT2D eigenvalue weighted by Crippen LogP contribution is 2.34. The number of carbonyl (C=O) groups excluding carboxylic acids is 1. The lowest BCUT2D eigenvalue weighted by Gasteiger charge is -2.11. The van der Waals surface area contributed by atoms with E-state index < -0.39 is 0 Å². The van der Waals surface area contributed by atoms with Gasteiger partial charge in [0.25, 0.3) is 5.91 Å². The van der Waals surface area contributed by atoms with Crippen molar-refractivity contribution in [2.24, 2.45) is 0 Å². The number of methoxy groups -OCH3 is 2. The van der Waals surface area contributed by atoms with Gasteiger partial charge in [0.15, 0.2) is 11.5 Å². The van der Waals surface area contributed by atoms with E-state index in [-0.39, 0.29) is 12.7 Å². The van der Waals surface area contributed by atoms with E-state index in [1.165, 1.54) is 12.4 Å². The molecule has 2 heterocycles. The predicted molar refractivity (Wildman–Crippen MR) is 105 cm³/mol. The van der Waals surface area contributed by atoms with E-state index in [1.54, 1.807) is 50.6 Å². The third kappa shape index (κ3) is 3.98. The number of aromatic nitrogens is 2. The highest BCUT2D eigenvalue weighted by atomic mass is 16.7. The lowest BCUT2D eigenvalue weighted by Crippen LogP contribution is -2.13. The maximum Gasteiger partial charge on any atom is 0.258 e. The van der Waals surface area contributed by atoms with Crippen molar-refractivity contribution in [2.75, 3.05) is 31.6 Å². The van der Waals surface area contributed by atoms with Crippen LogP contribution in [0.4, 0.5) is 17.3 Å². The monoisotopic (exact) mass is 394 g/mol. The van der Waals surface area contributed by atoms with E-state index in [4.69, 9.17) is 18.9 Å². The molecule has 4 rings (SSSR count). The van der Waals surface area contributed by atoms with Crippen LogP contribution < -0.4 is 29.6 Å². The number of ether oxygens (including phenoxy) is 4. The van der Waals surface area contributed by atoms with Gasteiger partial charge in [-0.3, -0.25) is 4.79 Å². The molecule has 0 spiro atoms. The molecule has 2 aromatic carbocycles. The molecule has 1 amide bonds. The fourth-order valence-electron chi connectivity index (χ4n) is 2.72. The quantitative estimate of drug-likeness (QED) is 0.657. The van der Waals surface area contributed by atoms with Gasteiger partial charge in [0, 0.05) is 30.2 Å². The maximum atomic E-state index is 12.4. The van der Waals surface area contributed by atoms with Crippen LogP contribution in [0.25, 0.3) is 0 Å². The van der Waals surface area contributed by atoms with Gasteiger partial charge >= 0.3 is 0 Å². The number of amides is 1. The number of hydrogen-bond acceptors (Lipinski definition) is 8. The second-order valence-corrected chi connectivity index (χ2v) is 6.01. The first-order chi connectivity index (χ1) is 14.2. The Hall–Kier alpha value is -4.01. The molecule has 0 fully saturated rings. The first-order valence-corrected chi connectivity index (χ1v) is 8.68. The second kappa shape index (κ2) is 7.93. The molecule has 0 saturated carbocycles. The summed E-state index contributed by atoms with van der Waals surface area (Å²) >= 11 is 0. The summed E-state index contributed by atoms with van der Waals surface area (Å²) in [7, 11) is 3.15. The molecule has 0 aliphatic carbocycles. The number of nitrogens with zero attached hydrogens (tertiary/aromatic N) is 2. The van der Waals surface area contributed by atoms with E-state index in [2.05, 4.69) is 20.6 Å². The summed E-state index contributed by atoms with van der Waals surface area (Å²) in [5.74, 6) is 2.48. The molecule has 1 aliphatic rings. The van der Waals surface area contributed by atoms with Crippen LogP contribution in [0.1, 0.15) is 10.4 Å². The maximum absolute atomic E-state index is 12.4. The van der Waals surface area contributed by atoms with Gasteiger partial charge < -0.3 is 29.6 Å². The third-order valence-corrected chi connectivity index (χ3v) is 4.20. The van der Waals surface area contributed by atoms with Crippen LogP contribution >= 0.6 is 0 Å². The van der Waals surface area contributed by atoms with E-state index in [0.29, 0.717) is 45.9 Å². The molecule has 29 heavy (non-hydrogen) atoms. The first-order valence-electron chi connectivity index (χ1n) is 8.68. The Labute approximate surface area is 166 Å². The van der Waals surface area contributed by atoms with Crippen molar-refractivity contribution in [3.05, 3.63) is 54.4 Å².